The third kappa shape index (κ3) is 7.31. The molecule has 3 aliphatic rings. The van der Waals surface area contributed by atoms with Gasteiger partial charge >= 0.3 is 29.8 Å². The summed E-state index contributed by atoms with van der Waals surface area (Å²) in [5.74, 6) is -6.48. The van der Waals surface area contributed by atoms with Crippen molar-refractivity contribution in [2.75, 3.05) is 0 Å². The number of carbonyl (C=O) groups excluding carboxylic acids is 5. The summed E-state index contributed by atoms with van der Waals surface area (Å²) in [6, 6.07) is 0. The minimum Gasteiger partial charge on any atom is -0.459 e. The van der Waals surface area contributed by atoms with Crippen LogP contribution in [0.25, 0.3) is 0 Å². The maximum absolute atomic E-state index is 13.3. The standard InChI is InChI=1S/C34H50O14/c1-9-10-11-12-13-14-24(39)48-25-18(2)17-23-34(43,33(8,42)30(40)47-23)29(46-21(5)37)27-31(6,16-15-22(38)32(27,7)41)28(45-20(4)36)26(25)44-19(3)35/h15-17,22-23,25-29,38,41-43H,9-14H2,1-8H3. The minimum atomic E-state index is -2.86. The van der Waals surface area contributed by atoms with Crippen molar-refractivity contribution in [2.45, 2.75) is 147 Å². The monoisotopic (exact) mass is 682 g/mol. The van der Waals surface area contributed by atoms with E-state index in [-0.39, 0.29) is 12.0 Å². The van der Waals surface area contributed by atoms with Gasteiger partial charge < -0.3 is 44.1 Å². The molecule has 0 aromatic carbocycles. The maximum Gasteiger partial charge on any atom is 0.341 e. The number of esters is 5. The van der Waals surface area contributed by atoms with Crippen LogP contribution in [0.1, 0.15) is 93.9 Å². The van der Waals surface area contributed by atoms with E-state index in [4.69, 9.17) is 23.7 Å². The summed E-state index contributed by atoms with van der Waals surface area (Å²) in [6.45, 7) is 10.2. The second-order valence-corrected chi connectivity index (χ2v) is 13.7. The number of unbranched alkanes of at least 4 members (excludes halogenated alkanes) is 4. The van der Waals surface area contributed by atoms with Gasteiger partial charge in [-0.25, -0.2) is 4.79 Å². The average Bonchev–Trinajstić information content (AvgIpc) is 3.13. The predicted octanol–water partition coefficient (Wildman–Crippen LogP) is 1.73. The van der Waals surface area contributed by atoms with E-state index in [1.54, 1.807) is 0 Å². The Bertz CT molecular complexity index is 1320. The molecule has 14 nitrogen and oxygen atoms in total. The maximum atomic E-state index is 13.3. The molecule has 0 radical (unpaired) electrons. The zero-order valence-electron chi connectivity index (χ0n) is 28.9. The van der Waals surface area contributed by atoms with E-state index >= 15 is 0 Å². The first-order valence-electron chi connectivity index (χ1n) is 16.3. The summed E-state index contributed by atoms with van der Waals surface area (Å²) in [4.78, 5) is 64.6. The number of aliphatic hydroxyl groups is 4. The highest BCUT2D eigenvalue weighted by molar-refractivity contribution is 5.84. The smallest absolute Gasteiger partial charge is 0.341 e. The van der Waals surface area contributed by atoms with E-state index in [0.29, 0.717) is 6.42 Å². The van der Waals surface area contributed by atoms with Crippen LogP contribution >= 0.6 is 0 Å². The number of ether oxygens (including phenoxy) is 5. The molecule has 3 rings (SSSR count). The molecular formula is C34H50O14. The summed E-state index contributed by atoms with van der Waals surface area (Å²) in [7, 11) is 0. The molecule has 1 fully saturated rings. The van der Waals surface area contributed by atoms with Crippen LogP contribution in [-0.2, 0) is 47.7 Å². The fraction of sp³-hybridized carbons (Fsp3) is 0.735. The van der Waals surface area contributed by atoms with Crippen molar-refractivity contribution in [2.24, 2.45) is 11.3 Å². The van der Waals surface area contributed by atoms with Gasteiger partial charge in [0.05, 0.1) is 5.60 Å². The first-order chi connectivity index (χ1) is 22.2. The zero-order valence-corrected chi connectivity index (χ0v) is 28.9. The average molecular weight is 683 g/mol. The summed E-state index contributed by atoms with van der Waals surface area (Å²) in [6.07, 6.45) is -2.54. The van der Waals surface area contributed by atoms with Gasteiger partial charge in [0.1, 0.15) is 12.2 Å². The first-order valence-corrected chi connectivity index (χ1v) is 16.3. The molecule has 1 saturated heterocycles. The van der Waals surface area contributed by atoms with Crippen LogP contribution in [0.3, 0.4) is 0 Å². The molecule has 0 bridgehead atoms. The number of carbonyl (C=O) groups is 5. The number of fused-ring (bicyclic) bond motifs is 2. The van der Waals surface area contributed by atoms with Gasteiger partial charge in [0.25, 0.3) is 0 Å². The Hall–Kier alpha value is -3.33. The van der Waals surface area contributed by atoms with Crippen molar-refractivity contribution >= 4 is 29.8 Å². The van der Waals surface area contributed by atoms with Gasteiger partial charge in [-0.15, -0.1) is 0 Å². The minimum absolute atomic E-state index is 0.00912. The lowest BCUT2D eigenvalue weighted by molar-refractivity contribution is -0.264. The van der Waals surface area contributed by atoms with Crippen LogP contribution in [0.15, 0.2) is 23.8 Å². The third-order valence-electron chi connectivity index (χ3n) is 9.82. The van der Waals surface area contributed by atoms with Gasteiger partial charge in [0, 0.05) is 38.5 Å². The predicted molar refractivity (Wildman–Crippen MR) is 166 cm³/mol. The molecule has 11 atom stereocenters. The molecule has 11 unspecified atom stereocenters. The largest absolute Gasteiger partial charge is 0.459 e. The van der Waals surface area contributed by atoms with Gasteiger partial charge in [0.15, 0.2) is 35.6 Å². The van der Waals surface area contributed by atoms with Crippen molar-refractivity contribution in [3.63, 3.8) is 0 Å². The molecule has 14 heteroatoms. The highest BCUT2D eigenvalue weighted by Crippen LogP contribution is 2.56. The molecule has 4 N–H and O–H groups in total. The molecule has 0 spiro atoms. The second kappa shape index (κ2) is 14.7. The Morgan fingerprint density at radius 1 is 0.854 bits per heavy atom. The van der Waals surface area contributed by atoms with E-state index in [1.807, 2.05) is 0 Å². The highest BCUT2D eigenvalue weighted by Gasteiger charge is 2.75. The van der Waals surface area contributed by atoms with Crippen LogP contribution in [0.4, 0.5) is 0 Å². The van der Waals surface area contributed by atoms with E-state index in [1.165, 1.54) is 32.9 Å². The summed E-state index contributed by atoms with van der Waals surface area (Å²) in [5, 5.41) is 47.2. The molecule has 270 valence electrons. The van der Waals surface area contributed by atoms with E-state index in [2.05, 4.69) is 6.92 Å². The SMILES string of the molecule is CCCCCCCC(=O)OC1C(C)=CC2OC(=O)C(C)(O)C2(O)C(OC(C)=O)C2C(C)(O)C(O)C=CC2(C)C(OC(C)=O)C1OC(C)=O. The van der Waals surface area contributed by atoms with E-state index in [9.17, 15) is 44.4 Å². The number of aliphatic hydroxyl groups excluding tert-OH is 1. The lowest BCUT2D eigenvalue weighted by atomic mass is 9.53. The Kier molecular flexibility index (Phi) is 11.9. The Balaban J connectivity index is 2.42. The molecule has 2 aliphatic carbocycles. The van der Waals surface area contributed by atoms with Crippen LogP contribution in [0, 0.1) is 11.3 Å². The highest BCUT2D eigenvalue weighted by atomic mass is 16.6. The van der Waals surface area contributed by atoms with Crippen LogP contribution < -0.4 is 0 Å². The molecule has 0 aromatic heterocycles. The van der Waals surface area contributed by atoms with E-state index in [0.717, 1.165) is 59.5 Å². The third-order valence-corrected chi connectivity index (χ3v) is 9.82. The summed E-state index contributed by atoms with van der Waals surface area (Å²) < 4.78 is 28.7. The Labute approximate surface area is 280 Å². The lowest BCUT2D eigenvalue weighted by Gasteiger charge is -2.57. The van der Waals surface area contributed by atoms with Crippen LogP contribution in [-0.4, -0.2) is 104 Å². The molecule has 0 aromatic rings. The number of hydrogen-bond acceptors (Lipinski definition) is 14. The van der Waals surface area contributed by atoms with Crippen molar-refractivity contribution in [1.82, 2.24) is 0 Å². The van der Waals surface area contributed by atoms with Crippen molar-refractivity contribution in [3.8, 4) is 0 Å². The topological polar surface area (TPSA) is 212 Å². The van der Waals surface area contributed by atoms with Crippen LogP contribution in [0.2, 0.25) is 0 Å². The summed E-state index contributed by atoms with van der Waals surface area (Å²) in [5.41, 5.74) is -9.80. The quantitative estimate of drug-likeness (QED) is 0.112. The van der Waals surface area contributed by atoms with Gasteiger partial charge in [-0.2, -0.15) is 0 Å². The lowest BCUT2D eigenvalue weighted by Crippen LogP contribution is -2.74. The molecule has 0 saturated carbocycles. The van der Waals surface area contributed by atoms with Gasteiger partial charge in [0.2, 0.25) is 0 Å². The van der Waals surface area contributed by atoms with Gasteiger partial charge in [-0.1, -0.05) is 51.7 Å². The number of rotatable bonds is 10. The van der Waals surface area contributed by atoms with Crippen molar-refractivity contribution < 1.29 is 68.1 Å². The Morgan fingerprint density at radius 3 is 1.98 bits per heavy atom. The van der Waals surface area contributed by atoms with Crippen LogP contribution in [0.5, 0.6) is 0 Å². The molecule has 1 aliphatic heterocycles. The van der Waals surface area contributed by atoms with E-state index < -0.39 is 94.6 Å². The molecule has 1 heterocycles. The van der Waals surface area contributed by atoms with Crippen molar-refractivity contribution in [3.05, 3.63) is 23.8 Å². The first kappa shape index (κ1) is 39.1. The zero-order chi connectivity index (χ0) is 36.4. The second-order valence-electron chi connectivity index (χ2n) is 13.7. The summed E-state index contributed by atoms with van der Waals surface area (Å²) >= 11 is 0. The fourth-order valence-electron chi connectivity index (χ4n) is 7.29. The molecule has 48 heavy (non-hydrogen) atoms. The molecular weight excluding hydrogens is 632 g/mol. The Morgan fingerprint density at radius 2 is 1.42 bits per heavy atom. The van der Waals surface area contributed by atoms with Crippen molar-refractivity contribution in [1.29, 1.82) is 0 Å². The fourth-order valence-corrected chi connectivity index (χ4v) is 7.29. The van der Waals surface area contributed by atoms with Gasteiger partial charge in [-0.3, -0.25) is 19.2 Å². The van der Waals surface area contributed by atoms with Gasteiger partial charge in [-0.05, 0) is 38.8 Å². The number of hydrogen-bond donors (Lipinski definition) is 4. The molecule has 0 amide bonds. The normalized spacial score (nSPS) is 39.2.